The molecule has 0 unspecified atom stereocenters. The number of furan rings is 1. The Morgan fingerprint density at radius 2 is 1.39 bits per heavy atom. The molecule has 0 spiro atoms. The van der Waals surface area contributed by atoms with E-state index in [1.165, 1.54) is 38.7 Å². The average Bonchev–Trinajstić information content (AvgIpc) is 3.81. The standard InChI is InChI=1S/C37H32N3O.C18H24NSi.Ir/c1-22(2)30-19-26(25-12-7-6-8-13-25)20-31(23(3)4)35(30)40-33-21-38-24(5)18-32(33)39-37(40)29-16-11-15-28-27-14-9-10-17-34(27)41-36(28)29;1-14(2)11-16-12-17(15-9-7-6-8-10-15)19-13-18(16)20(3,4)5;/h6-15,17-23H,1-5H3;6-9,12-14H,11H2,1-5H3;/q2*-1;. The third kappa shape index (κ3) is 9.03. The zero-order valence-corrected chi connectivity index (χ0v) is 41.0. The molecule has 5 aromatic carbocycles. The smallest absolute Gasteiger partial charge is 0.120 e. The van der Waals surface area contributed by atoms with Gasteiger partial charge in [-0.05, 0) is 88.5 Å². The van der Waals surface area contributed by atoms with Gasteiger partial charge >= 0.3 is 0 Å². The summed E-state index contributed by atoms with van der Waals surface area (Å²) in [6.07, 6.45) is 5.20. The molecule has 0 aliphatic carbocycles. The first-order chi connectivity index (χ1) is 29.3. The van der Waals surface area contributed by atoms with Gasteiger partial charge in [0.1, 0.15) is 5.58 Å². The molecule has 0 saturated heterocycles. The maximum atomic E-state index is 6.48. The number of hydrogen-bond donors (Lipinski definition) is 0. The number of imidazole rings is 1. The zero-order valence-electron chi connectivity index (χ0n) is 37.6. The van der Waals surface area contributed by atoms with Crippen LogP contribution in [0.3, 0.4) is 0 Å². The summed E-state index contributed by atoms with van der Waals surface area (Å²) < 4.78 is 8.79. The molecule has 0 amide bonds. The zero-order chi connectivity index (χ0) is 43.0. The van der Waals surface area contributed by atoms with Crippen LogP contribution in [-0.4, -0.2) is 27.6 Å². The van der Waals surface area contributed by atoms with Crippen molar-refractivity contribution in [1.82, 2.24) is 19.5 Å². The van der Waals surface area contributed by atoms with Gasteiger partial charge in [-0.25, -0.2) is 0 Å². The van der Waals surface area contributed by atoms with E-state index in [9.17, 15) is 0 Å². The summed E-state index contributed by atoms with van der Waals surface area (Å²) in [6, 6.07) is 46.8. The molecule has 317 valence electrons. The van der Waals surface area contributed by atoms with Crippen molar-refractivity contribution in [2.75, 3.05) is 0 Å². The third-order valence-corrected chi connectivity index (χ3v) is 13.5. The first-order valence-electron chi connectivity index (χ1n) is 21.7. The summed E-state index contributed by atoms with van der Waals surface area (Å²) in [5.74, 6) is 2.04. The van der Waals surface area contributed by atoms with E-state index in [1.807, 2.05) is 49.5 Å². The number of rotatable bonds is 9. The van der Waals surface area contributed by atoms with E-state index >= 15 is 0 Å². The monoisotopic (exact) mass is 1010 g/mol. The van der Waals surface area contributed by atoms with Gasteiger partial charge in [0.2, 0.25) is 0 Å². The van der Waals surface area contributed by atoms with Gasteiger partial charge < -0.3 is 14.0 Å². The minimum absolute atomic E-state index is 0. The van der Waals surface area contributed by atoms with E-state index in [-0.39, 0.29) is 31.9 Å². The van der Waals surface area contributed by atoms with Crippen molar-refractivity contribution in [1.29, 1.82) is 0 Å². The number of fused-ring (bicyclic) bond motifs is 4. The predicted octanol–water partition coefficient (Wildman–Crippen LogP) is 14.3. The Kier molecular flexibility index (Phi) is 13.3. The SMILES string of the molecule is CC(C)Cc1cc(-c2[c-]cccc2)ncc1[Si](C)(C)C.Cc1cc2nc(-c3[c-]ccc4c3oc3ccccc34)n(-c3c(C(C)C)cc(-c4ccccc4)cc3C(C)C)c2cn1.[Ir]. The molecule has 0 saturated carbocycles. The summed E-state index contributed by atoms with van der Waals surface area (Å²) in [6.45, 7) is 22.8. The Morgan fingerprint density at radius 3 is 2.05 bits per heavy atom. The molecule has 4 heterocycles. The molecule has 9 aromatic rings. The van der Waals surface area contributed by atoms with Gasteiger partial charge in [-0.1, -0.05) is 132 Å². The number of aryl methyl sites for hydroxylation is 1. The molecular formula is C55H56IrN4OSi-2. The molecule has 0 aliphatic heterocycles. The number of nitrogens with zero attached hydrogens (tertiary/aromatic N) is 4. The Hall–Kier alpha value is -5.46. The van der Waals surface area contributed by atoms with Crippen LogP contribution in [0.4, 0.5) is 0 Å². The minimum Gasteiger partial charge on any atom is -0.501 e. The van der Waals surface area contributed by atoms with Crippen LogP contribution in [0, 0.1) is 25.0 Å². The van der Waals surface area contributed by atoms with Crippen LogP contribution in [0.1, 0.15) is 75.8 Å². The van der Waals surface area contributed by atoms with Gasteiger partial charge in [0.05, 0.1) is 36.7 Å². The van der Waals surface area contributed by atoms with Crippen molar-refractivity contribution in [2.24, 2.45) is 5.92 Å². The molecule has 0 atom stereocenters. The molecule has 1 radical (unpaired) electrons. The predicted molar refractivity (Wildman–Crippen MR) is 259 cm³/mol. The van der Waals surface area contributed by atoms with Crippen LogP contribution >= 0.6 is 0 Å². The fraction of sp³-hybridized carbons (Fsp3) is 0.255. The van der Waals surface area contributed by atoms with Crippen molar-refractivity contribution >= 4 is 46.2 Å². The van der Waals surface area contributed by atoms with Crippen molar-refractivity contribution in [2.45, 2.75) is 86.4 Å². The van der Waals surface area contributed by atoms with E-state index in [2.05, 4.69) is 168 Å². The molecule has 0 N–H and O–H groups in total. The van der Waals surface area contributed by atoms with E-state index in [4.69, 9.17) is 14.4 Å². The Labute approximate surface area is 382 Å². The Bertz CT molecular complexity index is 2950. The molecule has 62 heavy (non-hydrogen) atoms. The third-order valence-electron chi connectivity index (χ3n) is 11.4. The molecule has 7 heteroatoms. The van der Waals surface area contributed by atoms with Crippen LogP contribution < -0.4 is 5.19 Å². The van der Waals surface area contributed by atoms with Gasteiger partial charge in [-0.2, -0.15) is 0 Å². The van der Waals surface area contributed by atoms with E-state index < -0.39 is 8.07 Å². The van der Waals surface area contributed by atoms with Crippen LogP contribution in [0.2, 0.25) is 19.6 Å². The quantitative estimate of drug-likeness (QED) is 0.107. The first-order valence-corrected chi connectivity index (χ1v) is 25.2. The van der Waals surface area contributed by atoms with Gasteiger partial charge in [0.25, 0.3) is 0 Å². The second-order valence-corrected chi connectivity index (χ2v) is 23.3. The number of benzene rings is 5. The second kappa shape index (κ2) is 18.5. The summed E-state index contributed by atoms with van der Waals surface area (Å²) in [7, 11) is -1.34. The van der Waals surface area contributed by atoms with Crippen LogP contribution in [0.5, 0.6) is 0 Å². The van der Waals surface area contributed by atoms with E-state index in [1.54, 1.807) is 0 Å². The Balaban J connectivity index is 0.000000233. The van der Waals surface area contributed by atoms with Crippen LogP contribution in [0.25, 0.3) is 72.4 Å². The molecule has 0 aliphatic rings. The minimum atomic E-state index is -1.34. The van der Waals surface area contributed by atoms with Gasteiger partial charge in [0, 0.05) is 43.1 Å². The Morgan fingerprint density at radius 1 is 0.694 bits per heavy atom. The number of hydrogen-bond acceptors (Lipinski definition) is 4. The van der Waals surface area contributed by atoms with E-state index in [0.717, 1.165) is 67.7 Å². The fourth-order valence-corrected chi connectivity index (χ4v) is 10.0. The molecule has 5 nitrogen and oxygen atoms in total. The van der Waals surface area contributed by atoms with Gasteiger partial charge in [0.15, 0.2) is 0 Å². The van der Waals surface area contributed by atoms with Crippen molar-refractivity contribution in [3.63, 3.8) is 0 Å². The molecule has 9 rings (SSSR count). The molecular weight excluding hydrogens is 953 g/mol. The normalized spacial score (nSPS) is 11.8. The average molecular weight is 1010 g/mol. The summed E-state index contributed by atoms with van der Waals surface area (Å²) >= 11 is 0. The van der Waals surface area contributed by atoms with Crippen LogP contribution in [-0.2, 0) is 26.5 Å². The van der Waals surface area contributed by atoms with Gasteiger partial charge in [-0.3, -0.25) is 9.97 Å². The van der Waals surface area contributed by atoms with Crippen molar-refractivity contribution in [3.8, 4) is 39.5 Å². The largest absolute Gasteiger partial charge is 0.501 e. The fourth-order valence-electron chi connectivity index (χ4n) is 8.43. The second-order valence-electron chi connectivity index (χ2n) is 18.3. The van der Waals surface area contributed by atoms with E-state index in [0.29, 0.717) is 5.92 Å². The number of pyridine rings is 2. The summed E-state index contributed by atoms with van der Waals surface area (Å²) in [4.78, 5) is 14.7. The molecule has 4 aromatic heterocycles. The maximum absolute atomic E-state index is 6.48. The number of aromatic nitrogens is 4. The van der Waals surface area contributed by atoms with Gasteiger partial charge in [-0.15, -0.1) is 54.1 Å². The van der Waals surface area contributed by atoms with Crippen LogP contribution in [0.15, 0.2) is 132 Å². The van der Waals surface area contributed by atoms with Crippen molar-refractivity contribution in [3.05, 3.63) is 162 Å². The van der Waals surface area contributed by atoms with Crippen molar-refractivity contribution < 1.29 is 24.5 Å². The maximum Gasteiger partial charge on any atom is 0.120 e. The number of para-hydroxylation sites is 1. The summed E-state index contributed by atoms with van der Waals surface area (Å²) in [5, 5.41) is 3.65. The first kappa shape index (κ1) is 44.6. The topological polar surface area (TPSA) is 56.7 Å². The molecule has 0 fully saturated rings. The molecule has 0 bridgehead atoms. The summed E-state index contributed by atoms with van der Waals surface area (Å²) in [5.41, 5.74) is 15.1.